The summed E-state index contributed by atoms with van der Waals surface area (Å²) >= 11 is 3.28. The fourth-order valence-corrected chi connectivity index (χ4v) is 1.67. The van der Waals surface area contributed by atoms with Gasteiger partial charge in [-0.2, -0.15) is 0 Å². The van der Waals surface area contributed by atoms with E-state index in [4.69, 9.17) is 5.73 Å². The standard InChI is InChI=1S/C8H10BrNO2/c1-12-8(11)6-3-2-5(10)4-7(6)9/h2,4,6H,3,10H2,1H3. The third-order valence-electron chi connectivity index (χ3n) is 1.71. The first-order chi connectivity index (χ1) is 5.65. The van der Waals surface area contributed by atoms with E-state index in [0.717, 1.165) is 4.48 Å². The van der Waals surface area contributed by atoms with E-state index in [0.29, 0.717) is 12.1 Å². The van der Waals surface area contributed by atoms with Crippen molar-refractivity contribution in [3.8, 4) is 0 Å². The number of carbonyl (C=O) groups excluding carboxylic acids is 1. The molecule has 1 aliphatic rings. The van der Waals surface area contributed by atoms with Gasteiger partial charge in [0.05, 0.1) is 13.0 Å². The molecule has 66 valence electrons. The van der Waals surface area contributed by atoms with Crippen molar-refractivity contribution >= 4 is 21.9 Å². The van der Waals surface area contributed by atoms with Crippen LogP contribution in [0, 0.1) is 5.92 Å². The first-order valence-corrected chi connectivity index (χ1v) is 4.35. The van der Waals surface area contributed by atoms with Crippen molar-refractivity contribution < 1.29 is 9.53 Å². The normalized spacial score (nSPS) is 22.7. The topological polar surface area (TPSA) is 52.3 Å². The molecule has 0 aromatic carbocycles. The number of allylic oxidation sites excluding steroid dienone is 2. The van der Waals surface area contributed by atoms with Crippen LogP contribution in [0.15, 0.2) is 22.3 Å². The third-order valence-corrected chi connectivity index (χ3v) is 2.49. The molecule has 1 aliphatic carbocycles. The monoisotopic (exact) mass is 231 g/mol. The second-order valence-corrected chi connectivity index (χ2v) is 3.46. The average Bonchev–Trinajstić information content (AvgIpc) is 2.03. The van der Waals surface area contributed by atoms with E-state index in [1.54, 1.807) is 6.08 Å². The van der Waals surface area contributed by atoms with E-state index in [-0.39, 0.29) is 11.9 Å². The van der Waals surface area contributed by atoms with Crippen molar-refractivity contribution in [2.75, 3.05) is 7.11 Å². The van der Waals surface area contributed by atoms with E-state index in [9.17, 15) is 4.79 Å². The first kappa shape index (κ1) is 9.32. The molecule has 0 bridgehead atoms. The molecule has 1 unspecified atom stereocenters. The van der Waals surface area contributed by atoms with Crippen LogP contribution in [-0.4, -0.2) is 13.1 Å². The van der Waals surface area contributed by atoms with Crippen molar-refractivity contribution in [3.63, 3.8) is 0 Å². The van der Waals surface area contributed by atoms with Gasteiger partial charge < -0.3 is 10.5 Å². The van der Waals surface area contributed by atoms with Crippen molar-refractivity contribution in [1.82, 2.24) is 0 Å². The highest BCUT2D eigenvalue weighted by molar-refractivity contribution is 9.11. The van der Waals surface area contributed by atoms with Crippen LogP contribution >= 0.6 is 15.9 Å². The van der Waals surface area contributed by atoms with Crippen LogP contribution in [0.25, 0.3) is 0 Å². The molecule has 0 radical (unpaired) electrons. The van der Waals surface area contributed by atoms with Gasteiger partial charge in [0.15, 0.2) is 0 Å². The van der Waals surface area contributed by atoms with Gasteiger partial charge in [0.1, 0.15) is 0 Å². The molecule has 4 heteroatoms. The van der Waals surface area contributed by atoms with Gasteiger partial charge in [-0.05, 0) is 12.5 Å². The van der Waals surface area contributed by atoms with Crippen LogP contribution in [0.3, 0.4) is 0 Å². The molecule has 0 aromatic rings. The largest absolute Gasteiger partial charge is 0.469 e. The molecule has 1 rings (SSSR count). The van der Waals surface area contributed by atoms with Gasteiger partial charge in [-0.1, -0.05) is 22.0 Å². The summed E-state index contributed by atoms with van der Waals surface area (Å²) in [5.74, 6) is -0.454. The highest BCUT2D eigenvalue weighted by Gasteiger charge is 2.23. The minimum Gasteiger partial charge on any atom is -0.469 e. The molecular weight excluding hydrogens is 222 g/mol. The number of halogens is 1. The van der Waals surface area contributed by atoms with E-state index < -0.39 is 0 Å². The molecule has 0 aromatic heterocycles. The van der Waals surface area contributed by atoms with Crippen molar-refractivity contribution in [2.24, 2.45) is 11.7 Å². The molecule has 0 aliphatic heterocycles. The lowest BCUT2D eigenvalue weighted by atomic mass is 10.00. The second kappa shape index (κ2) is 3.76. The van der Waals surface area contributed by atoms with E-state index in [2.05, 4.69) is 20.7 Å². The smallest absolute Gasteiger partial charge is 0.314 e. The van der Waals surface area contributed by atoms with Gasteiger partial charge in [0, 0.05) is 10.2 Å². The Kier molecular flexibility index (Phi) is 2.92. The molecule has 0 fully saturated rings. The minimum atomic E-state index is -0.234. The summed E-state index contributed by atoms with van der Waals surface area (Å²) in [6.07, 6.45) is 4.15. The average molecular weight is 232 g/mol. The number of methoxy groups -OCH3 is 1. The predicted molar refractivity (Wildman–Crippen MR) is 49.4 cm³/mol. The maximum Gasteiger partial charge on any atom is 0.314 e. The summed E-state index contributed by atoms with van der Waals surface area (Å²) in [6.45, 7) is 0. The molecule has 12 heavy (non-hydrogen) atoms. The SMILES string of the molecule is COC(=O)C1CC=C(N)C=C1Br. The number of hydrogen-bond acceptors (Lipinski definition) is 3. The van der Waals surface area contributed by atoms with Crippen LogP contribution in [0.5, 0.6) is 0 Å². The summed E-state index contributed by atoms with van der Waals surface area (Å²) in [5.41, 5.74) is 6.21. The summed E-state index contributed by atoms with van der Waals surface area (Å²) < 4.78 is 5.40. The fourth-order valence-electron chi connectivity index (χ4n) is 1.04. The van der Waals surface area contributed by atoms with E-state index in [1.807, 2.05) is 6.08 Å². The van der Waals surface area contributed by atoms with Gasteiger partial charge in [0.2, 0.25) is 0 Å². The molecule has 0 saturated carbocycles. The Morgan fingerprint density at radius 1 is 1.83 bits per heavy atom. The maximum absolute atomic E-state index is 11.1. The van der Waals surface area contributed by atoms with E-state index in [1.165, 1.54) is 7.11 Å². The fraction of sp³-hybridized carbons (Fsp3) is 0.375. The molecular formula is C8H10BrNO2. The van der Waals surface area contributed by atoms with Crippen LogP contribution in [-0.2, 0) is 9.53 Å². The zero-order chi connectivity index (χ0) is 9.14. The number of ether oxygens (including phenoxy) is 1. The second-order valence-electron chi connectivity index (χ2n) is 2.54. The van der Waals surface area contributed by atoms with Crippen molar-refractivity contribution in [2.45, 2.75) is 6.42 Å². The zero-order valence-electron chi connectivity index (χ0n) is 6.71. The molecule has 0 amide bonds. The Labute approximate surface area is 79.4 Å². The van der Waals surface area contributed by atoms with Crippen molar-refractivity contribution in [3.05, 3.63) is 22.3 Å². The van der Waals surface area contributed by atoms with Gasteiger partial charge >= 0.3 is 5.97 Å². The predicted octanol–water partition coefficient (Wildman–Crippen LogP) is 1.30. The number of rotatable bonds is 1. The summed E-state index contributed by atoms with van der Waals surface area (Å²) in [5, 5.41) is 0. The summed E-state index contributed by atoms with van der Waals surface area (Å²) in [7, 11) is 1.38. The Hall–Kier alpha value is -0.770. The van der Waals surface area contributed by atoms with Crippen LogP contribution < -0.4 is 5.73 Å². The van der Waals surface area contributed by atoms with Crippen LogP contribution in [0.1, 0.15) is 6.42 Å². The molecule has 3 nitrogen and oxygen atoms in total. The molecule has 1 atom stereocenters. The maximum atomic E-state index is 11.1. The third kappa shape index (κ3) is 1.88. The van der Waals surface area contributed by atoms with Crippen molar-refractivity contribution in [1.29, 1.82) is 0 Å². The minimum absolute atomic E-state index is 0.220. The number of carbonyl (C=O) groups is 1. The quantitative estimate of drug-likeness (QED) is 0.693. The van der Waals surface area contributed by atoms with Crippen LogP contribution in [0.4, 0.5) is 0 Å². The van der Waals surface area contributed by atoms with Gasteiger partial charge in [-0.15, -0.1) is 0 Å². The molecule has 0 saturated heterocycles. The van der Waals surface area contributed by atoms with Gasteiger partial charge in [0.25, 0.3) is 0 Å². The van der Waals surface area contributed by atoms with E-state index >= 15 is 0 Å². The Balaban J connectivity index is 2.74. The summed E-state index contributed by atoms with van der Waals surface area (Å²) in [6, 6.07) is 0. The lowest BCUT2D eigenvalue weighted by Crippen LogP contribution is -2.18. The molecule has 2 N–H and O–H groups in total. The first-order valence-electron chi connectivity index (χ1n) is 3.55. The molecule has 0 heterocycles. The zero-order valence-corrected chi connectivity index (χ0v) is 8.30. The number of hydrogen-bond donors (Lipinski definition) is 1. The van der Waals surface area contributed by atoms with Gasteiger partial charge in [-0.3, -0.25) is 4.79 Å². The number of esters is 1. The highest BCUT2D eigenvalue weighted by Crippen LogP contribution is 2.27. The Bertz CT molecular complexity index is 258. The Morgan fingerprint density at radius 3 is 3.00 bits per heavy atom. The highest BCUT2D eigenvalue weighted by atomic mass is 79.9. The number of nitrogens with two attached hydrogens (primary N) is 1. The summed E-state index contributed by atoms with van der Waals surface area (Å²) in [4.78, 5) is 11.1. The lowest BCUT2D eigenvalue weighted by Gasteiger charge is -2.15. The van der Waals surface area contributed by atoms with Gasteiger partial charge in [-0.25, -0.2) is 0 Å². The lowest BCUT2D eigenvalue weighted by molar-refractivity contribution is -0.143. The Morgan fingerprint density at radius 2 is 2.50 bits per heavy atom. The molecule has 0 spiro atoms. The van der Waals surface area contributed by atoms with Crippen LogP contribution in [0.2, 0.25) is 0 Å².